The van der Waals surface area contributed by atoms with Crippen molar-refractivity contribution in [1.82, 2.24) is 9.97 Å². The molecule has 1 atom stereocenters. The highest BCUT2D eigenvalue weighted by atomic mass is 19.3. The minimum absolute atomic E-state index is 0.0648. The second-order valence-electron chi connectivity index (χ2n) is 6.70. The maximum Gasteiger partial charge on any atom is 0.284 e. The Morgan fingerprint density at radius 2 is 1.89 bits per heavy atom. The Morgan fingerprint density at radius 1 is 1.15 bits per heavy atom. The van der Waals surface area contributed by atoms with Gasteiger partial charge in [-0.25, -0.2) is 22.5 Å². The van der Waals surface area contributed by atoms with Gasteiger partial charge in [0.15, 0.2) is 0 Å². The van der Waals surface area contributed by atoms with Crippen molar-refractivity contribution < 1.29 is 22.3 Å². The topological polar surface area (TPSA) is 61.0 Å². The molecule has 4 nitrogen and oxygen atoms in total. The molecule has 0 bridgehead atoms. The van der Waals surface area contributed by atoms with Gasteiger partial charge in [0, 0.05) is 17.3 Å². The molecule has 0 aliphatic carbocycles. The Bertz CT molecular complexity index is 753. The van der Waals surface area contributed by atoms with Crippen molar-refractivity contribution in [2.45, 2.75) is 51.5 Å². The van der Waals surface area contributed by atoms with Gasteiger partial charge in [-0.3, -0.25) is 4.98 Å². The van der Waals surface area contributed by atoms with Crippen LogP contribution < -0.4 is 10.5 Å². The number of hydrogen-bond acceptors (Lipinski definition) is 4. The summed E-state index contributed by atoms with van der Waals surface area (Å²) in [5, 5.41) is 0. The number of alkyl halides is 4. The van der Waals surface area contributed by atoms with Gasteiger partial charge in [-0.1, -0.05) is 19.8 Å². The molecular formula is C19H23F4N3O. The molecule has 0 aromatic carbocycles. The molecule has 2 rings (SSSR count). The van der Waals surface area contributed by atoms with E-state index in [1.165, 1.54) is 24.4 Å². The normalized spacial score (nSPS) is 13.8. The molecule has 0 saturated carbocycles. The second-order valence-corrected chi connectivity index (χ2v) is 6.70. The summed E-state index contributed by atoms with van der Waals surface area (Å²) in [7, 11) is 0. The lowest BCUT2D eigenvalue weighted by Crippen LogP contribution is -2.42. The number of nitrogens with two attached hydrogens (primary N) is 1. The van der Waals surface area contributed by atoms with E-state index in [4.69, 9.17) is 10.5 Å². The third-order valence-corrected chi connectivity index (χ3v) is 4.05. The molecule has 0 radical (unpaired) electrons. The number of halogens is 4. The number of rotatable bonds is 9. The number of pyridine rings is 2. The quantitative estimate of drug-likeness (QED) is 0.595. The summed E-state index contributed by atoms with van der Waals surface area (Å²) < 4.78 is 58.0. The van der Waals surface area contributed by atoms with Crippen molar-refractivity contribution in [3.8, 4) is 17.0 Å². The van der Waals surface area contributed by atoms with Crippen LogP contribution in [0.3, 0.4) is 0 Å². The molecule has 2 aromatic rings. The monoisotopic (exact) mass is 385 g/mol. The predicted molar refractivity (Wildman–Crippen MR) is 95.0 cm³/mol. The third kappa shape index (κ3) is 5.89. The third-order valence-electron chi connectivity index (χ3n) is 4.05. The van der Waals surface area contributed by atoms with Gasteiger partial charge in [0.05, 0.1) is 5.69 Å². The van der Waals surface area contributed by atoms with Crippen molar-refractivity contribution in [3.05, 3.63) is 41.9 Å². The summed E-state index contributed by atoms with van der Waals surface area (Å²) >= 11 is 0. The molecule has 2 heterocycles. The average Bonchev–Trinajstić information content (AvgIpc) is 2.64. The number of aromatic nitrogens is 2. The maximum absolute atomic E-state index is 13.4. The Hall–Kier alpha value is -2.22. The predicted octanol–water partition coefficient (Wildman–Crippen LogP) is 5.31. The highest BCUT2D eigenvalue weighted by Gasteiger charge is 2.23. The first-order valence-corrected chi connectivity index (χ1v) is 8.68. The van der Waals surface area contributed by atoms with E-state index in [0.29, 0.717) is 6.42 Å². The first-order valence-electron chi connectivity index (χ1n) is 8.68. The van der Waals surface area contributed by atoms with Crippen molar-refractivity contribution in [3.63, 3.8) is 0 Å². The minimum atomic E-state index is -2.88. The molecule has 27 heavy (non-hydrogen) atoms. The van der Waals surface area contributed by atoms with Crippen LogP contribution >= 0.6 is 0 Å². The zero-order valence-electron chi connectivity index (χ0n) is 15.3. The van der Waals surface area contributed by atoms with Crippen LogP contribution in [0.1, 0.15) is 57.3 Å². The summed E-state index contributed by atoms with van der Waals surface area (Å²) in [4.78, 5) is 7.47. The Morgan fingerprint density at radius 3 is 2.52 bits per heavy atom. The molecule has 0 fully saturated rings. The zero-order chi connectivity index (χ0) is 20.0. The molecule has 0 amide bonds. The van der Waals surface area contributed by atoms with Crippen LogP contribution in [0.2, 0.25) is 0 Å². The largest absolute Gasteiger partial charge is 0.490 e. The molecule has 0 saturated heterocycles. The first kappa shape index (κ1) is 21.1. The van der Waals surface area contributed by atoms with E-state index >= 15 is 0 Å². The smallest absolute Gasteiger partial charge is 0.284 e. The van der Waals surface area contributed by atoms with Crippen LogP contribution in [0, 0.1) is 0 Å². The SMILES string of the molecule is CCCCC(C)(N)COc1ccc(-c2ccnc(C(F)F)c2)nc1C(F)F. The second kappa shape index (κ2) is 9.12. The van der Waals surface area contributed by atoms with Crippen LogP contribution in [0.5, 0.6) is 5.75 Å². The van der Waals surface area contributed by atoms with Gasteiger partial charge in [0.2, 0.25) is 0 Å². The molecule has 0 aliphatic heterocycles. The molecule has 148 valence electrons. The van der Waals surface area contributed by atoms with Crippen LogP contribution in [0.25, 0.3) is 11.3 Å². The summed E-state index contributed by atoms with van der Waals surface area (Å²) in [6.07, 6.45) is -1.87. The van der Waals surface area contributed by atoms with Gasteiger partial charge < -0.3 is 10.5 Å². The standard InChI is InChI=1S/C19H23F4N3O/c1-3-4-8-19(2,24)11-27-15-6-5-13(26-16(15)18(22)23)12-7-9-25-14(10-12)17(20)21/h5-7,9-10,17-18H,3-4,8,11,24H2,1-2H3. The molecule has 0 spiro atoms. The van der Waals surface area contributed by atoms with E-state index < -0.39 is 29.8 Å². The average molecular weight is 385 g/mol. The molecule has 2 N–H and O–H groups in total. The van der Waals surface area contributed by atoms with Gasteiger partial charge >= 0.3 is 0 Å². The minimum Gasteiger partial charge on any atom is -0.490 e. The van der Waals surface area contributed by atoms with Crippen LogP contribution in [-0.2, 0) is 0 Å². The van der Waals surface area contributed by atoms with E-state index in [-0.39, 0.29) is 23.6 Å². The van der Waals surface area contributed by atoms with E-state index in [9.17, 15) is 17.6 Å². The van der Waals surface area contributed by atoms with E-state index in [1.807, 2.05) is 6.92 Å². The Kier molecular flexibility index (Phi) is 7.12. The highest BCUT2D eigenvalue weighted by Crippen LogP contribution is 2.31. The number of unbranched alkanes of at least 4 members (excludes halogenated alkanes) is 1. The first-order chi connectivity index (χ1) is 12.7. The fourth-order valence-corrected chi connectivity index (χ4v) is 2.52. The van der Waals surface area contributed by atoms with Crippen molar-refractivity contribution in [2.75, 3.05) is 6.61 Å². The van der Waals surface area contributed by atoms with Gasteiger partial charge in [-0.15, -0.1) is 0 Å². The van der Waals surface area contributed by atoms with Crippen molar-refractivity contribution >= 4 is 0 Å². The van der Waals surface area contributed by atoms with E-state index in [0.717, 1.165) is 18.9 Å². The van der Waals surface area contributed by atoms with Gasteiger partial charge in [0.1, 0.15) is 23.7 Å². The molecular weight excluding hydrogens is 362 g/mol. The molecule has 1 unspecified atom stereocenters. The summed E-state index contributed by atoms with van der Waals surface area (Å²) in [6, 6.07) is 5.38. The van der Waals surface area contributed by atoms with Crippen LogP contribution in [-0.4, -0.2) is 22.1 Å². The Balaban J connectivity index is 2.25. The van der Waals surface area contributed by atoms with Crippen LogP contribution in [0.4, 0.5) is 17.6 Å². The molecule has 0 aliphatic rings. The summed E-state index contributed by atoms with van der Waals surface area (Å²) in [5.41, 5.74) is 4.92. The lowest BCUT2D eigenvalue weighted by Gasteiger charge is -2.25. The van der Waals surface area contributed by atoms with E-state index in [1.54, 1.807) is 6.92 Å². The Labute approximate surface area is 155 Å². The summed E-state index contributed by atoms with van der Waals surface area (Å²) in [6.45, 7) is 3.90. The fourth-order valence-electron chi connectivity index (χ4n) is 2.52. The van der Waals surface area contributed by atoms with Crippen LogP contribution in [0.15, 0.2) is 30.5 Å². The lowest BCUT2D eigenvalue weighted by atomic mass is 9.97. The van der Waals surface area contributed by atoms with Crippen molar-refractivity contribution in [2.24, 2.45) is 5.73 Å². The maximum atomic E-state index is 13.4. The number of hydrogen-bond donors (Lipinski definition) is 1. The number of ether oxygens (including phenoxy) is 1. The highest BCUT2D eigenvalue weighted by molar-refractivity contribution is 5.60. The fraction of sp³-hybridized carbons (Fsp3) is 0.474. The molecule has 8 heteroatoms. The summed E-state index contributed by atoms with van der Waals surface area (Å²) in [5.74, 6) is -0.0648. The van der Waals surface area contributed by atoms with Gasteiger partial charge in [-0.2, -0.15) is 0 Å². The van der Waals surface area contributed by atoms with Gasteiger partial charge in [-0.05, 0) is 37.6 Å². The lowest BCUT2D eigenvalue weighted by molar-refractivity contribution is 0.135. The number of nitrogens with zero attached hydrogens (tertiary/aromatic N) is 2. The van der Waals surface area contributed by atoms with Gasteiger partial charge in [0.25, 0.3) is 12.9 Å². The molecule has 2 aromatic heterocycles. The van der Waals surface area contributed by atoms with E-state index in [2.05, 4.69) is 9.97 Å². The zero-order valence-corrected chi connectivity index (χ0v) is 15.3. The van der Waals surface area contributed by atoms with Crippen molar-refractivity contribution in [1.29, 1.82) is 0 Å².